The molecular weight excluding hydrogens is 294 g/mol. The highest BCUT2D eigenvalue weighted by molar-refractivity contribution is 7.89. The highest BCUT2D eigenvalue weighted by Crippen LogP contribution is 2.21. The van der Waals surface area contributed by atoms with E-state index in [1.807, 2.05) is 32.8 Å². The topological polar surface area (TPSA) is 113 Å². The number of carboxylic acid groups (broad SMARTS) is 1. The van der Waals surface area contributed by atoms with Crippen molar-refractivity contribution in [1.29, 1.82) is 0 Å². The van der Waals surface area contributed by atoms with Gasteiger partial charge in [-0.1, -0.05) is 0 Å². The summed E-state index contributed by atoms with van der Waals surface area (Å²) in [6, 6.07) is 3.75. The number of hydrogen-bond acceptors (Lipinski definition) is 5. The van der Waals surface area contributed by atoms with E-state index < -0.39 is 16.0 Å². The minimum atomic E-state index is -3.93. The summed E-state index contributed by atoms with van der Waals surface area (Å²) in [6.07, 6.45) is 0. The van der Waals surface area contributed by atoms with Crippen LogP contribution in [-0.4, -0.2) is 50.6 Å². The molecule has 0 unspecified atom stereocenters. The maximum Gasteiger partial charge on any atom is 0.337 e. The number of nitrogens with zero attached hydrogens (tertiary/aromatic N) is 1. The van der Waals surface area contributed by atoms with Gasteiger partial charge in [0.25, 0.3) is 0 Å². The molecule has 0 saturated heterocycles. The molecule has 0 saturated carbocycles. The number of anilines is 1. The maximum absolute atomic E-state index is 11.3. The molecule has 0 spiro atoms. The van der Waals surface area contributed by atoms with Crippen LogP contribution in [-0.2, 0) is 10.0 Å². The Morgan fingerprint density at radius 2 is 1.95 bits per heavy atom. The van der Waals surface area contributed by atoms with Crippen LogP contribution in [0.1, 0.15) is 24.2 Å². The van der Waals surface area contributed by atoms with Crippen LogP contribution in [0.2, 0.25) is 0 Å². The van der Waals surface area contributed by atoms with E-state index in [-0.39, 0.29) is 16.0 Å². The summed E-state index contributed by atoms with van der Waals surface area (Å²) in [4.78, 5) is 13.0. The van der Waals surface area contributed by atoms with Gasteiger partial charge in [0.1, 0.15) is 0 Å². The summed E-state index contributed by atoms with van der Waals surface area (Å²) in [6.45, 7) is 4.49. The van der Waals surface area contributed by atoms with Crippen LogP contribution in [0.15, 0.2) is 23.1 Å². The monoisotopic (exact) mass is 315 g/mol. The third-order valence-electron chi connectivity index (χ3n) is 3.47. The van der Waals surface area contributed by atoms with Crippen LogP contribution in [0, 0.1) is 0 Å². The van der Waals surface area contributed by atoms with Gasteiger partial charge in [-0.25, -0.2) is 18.4 Å². The molecule has 0 aliphatic rings. The second kappa shape index (κ2) is 6.00. The van der Waals surface area contributed by atoms with Crippen LogP contribution in [0.25, 0.3) is 0 Å². The van der Waals surface area contributed by atoms with Gasteiger partial charge in [-0.2, -0.15) is 0 Å². The number of likely N-dealkylation sites (N-methyl/N-ethyl adjacent to an activating group) is 1. The average Bonchev–Trinajstić information content (AvgIpc) is 2.34. The zero-order valence-electron chi connectivity index (χ0n) is 12.5. The first-order valence-electron chi connectivity index (χ1n) is 6.26. The van der Waals surface area contributed by atoms with Crippen molar-refractivity contribution in [3.63, 3.8) is 0 Å². The molecule has 0 bridgehead atoms. The third-order valence-corrected chi connectivity index (χ3v) is 4.38. The summed E-state index contributed by atoms with van der Waals surface area (Å²) >= 11 is 0. The number of nitrogens with one attached hydrogen (secondary N) is 1. The van der Waals surface area contributed by atoms with E-state index in [0.29, 0.717) is 12.2 Å². The van der Waals surface area contributed by atoms with Crippen molar-refractivity contribution in [3.8, 4) is 0 Å². The summed E-state index contributed by atoms with van der Waals surface area (Å²) in [5.41, 5.74) is 0.0230. The highest BCUT2D eigenvalue weighted by atomic mass is 32.2. The van der Waals surface area contributed by atoms with Crippen molar-refractivity contribution in [3.05, 3.63) is 23.8 Å². The van der Waals surface area contributed by atoms with Crippen LogP contribution in [0.3, 0.4) is 0 Å². The molecule has 0 aliphatic heterocycles. The standard InChI is InChI=1S/C13H21N3O4S/c1-13(2,16(3)4)8-15-11-6-5-9(21(14,19)20)7-10(11)12(17)18/h5-7,15H,8H2,1-4H3,(H,17,18)(H2,14,19,20). The molecule has 4 N–H and O–H groups in total. The SMILES string of the molecule is CN(C)C(C)(C)CNc1ccc(S(N)(=O)=O)cc1C(=O)O. The van der Waals surface area contributed by atoms with Crippen LogP contribution < -0.4 is 10.5 Å². The largest absolute Gasteiger partial charge is 0.478 e. The number of nitrogens with two attached hydrogens (primary N) is 1. The molecule has 1 aromatic carbocycles. The number of sulfonamides is 1. The molecule has 1 aromatic rings. The Labute approximate surface area is 124 Å². The van der Waals surface area contributed by atoms with Crippen LogP contribution in [0.4, 0.5) is 5.69 Å². The van der Waals surface area contributed by atoms with Crippen LogP contribution in [0.5, 0.6) is 0 Å². The maximum atomic E-state index is 11.3. The van der Waals surface area contributed by atoms with Gasteiger partial charge in [0.05, 0.1) is 10.5 Å². The molecule has 118 valence electrons. The Balaban J connectivity index is 3.12. The molecule has 0 heterocycles. The van der Waals surface area contributed by atoms with Gasteiger partial charge >= 0.3 is 5.97 Å². The Morgan fingerprint density at radius 1 is 1.38 bits per heavy atom. The van der Waals surface area contributed by atoms with Crippen molar-refractivity contribution < 1.29 is 18.3 Å². The van der Waals surface area contributed by atoms with Crippen molar-refractivity contribution in [2.75, 3.05) is 26.0 Å². The summed E-state index contributed by atoms with van der Waals surface area (Å²) in [5, 5.41) is 17.3. The normalized spacial score (nSPS) is 12.5. The van der Waals surface area contributed by atoms with E-state index in [0.717, 1.165) is 6.07 Å². The molecule has 0 atom stereocenters. The van der Waals surface area contributed by atoms with Crippen molar-refractivity contribution >= 4 is 21.7 Å². The molecular formula is C13H21N3O4S. The predicted molar refractivity (Wildman–Crippen MR) is 81.0 cm³/mol. The Kier molecular flexibility index (Phi) is 4.98. The fraction of sp³-hybridized carbons (Fsp3) is 0.462. The van der Waals surface area contributed by atoms with Gasteiger partial charge in [0.2, 0.25) is 10.0 Å². The summed E-state index contributed by atoms with van der Waals surface area (Å²) < 4.78 is 22.6. The molecule has 21 heavy (non-hydrogen) atoms. The van der Waals surface area contributed by atoms with Crippen molar-refractivity contribution in [2.24, 2.45) is 5.14 Å². The molecule has 8 heteroatoms. The fourth-order valence-corrected chi connectivity index (χ4v) is 2.04. The lowest BCUT2D eigenvalue weighted by molar-refractivity contribution is 0.0697. The lowest BCUT2D eigenvalue weighted by Gasteiger charge is -2.33. The summed E-state index contributed by atoms with van der Waals surface area (Å²) in [7, 11) is -0.0907. The smallest absolute Gasteiger partial charge is 0.337 e. The van der Waals surface area contributed by atoms with E-state index >= 15 is 0 Å². The average molecular weight is 315 g/mol. The fourth-order valence-electron chi connectivity index (χ4n) is 1.50. The third kappa shape index (κ3) is 4.42. The van der Waals surface area contributed by atoms with E-state index in [2.05, 4.69) is 5.32 Å². The molecule has 0 amide bonds. The lowest BCUT2D eigenvalue weighted by Crippen LogP contribution is -2.44. The molecule has 0 aromatic heterocycles. The molecule has 0 aliphatic carbocycles. The lowest BCUT2D eigenvalue weighted by atomic mass is 10.0. The predicted octanol–water partition coefficient (Wildman–Crippen LogP) is 0.784. The first-order chi connectivity index (χ1) is 9.45. The summed E-state index contributed by atoms with van der Waals surface area (Å²) in [5.74, 6) is -1.22. The second-order valence-electron chi connectivity index (χ2n) is 5.62. The quantitative estimate of drug-likeness (QED) is 0.715. The Bertz CT molecular complexity index is 639. The van der Waals surface area contributed by atoms with E-state index in [9.17, 15) is 18.3 Å². The van der Waals surface area contributed by atoms with Gasteiger partial charge < -0.3 is 15.3 Å². The van der Waals surface area contributed by atoms with Crippen LogP contribution >= 0.6 is 0 Å². The van der Waals surface area contributed by atoms with E-state index in [4.69, 9.17) is 5.14 Å². The molecule has 7 nitrogen and oxygen atoms in total. The van der Waals surface area contributed by atoms with E-state index in [1.165, 1.54) is 12.1 Å². The van der Waals surface area contributed by atoms with Gasteiger partial charge in [-0.15, -0.1) is 0 Å². The number of carbonyl (C=O) groups is 1. The second-order valence-corrected chi connectivity index (χ2v) is 7.18. The zero-order valence-corrected chi connectivity index (χ0v) is 13.4. The van der Waals surface area contributed by atoms with Crippen molar-refractivity contribution in [1.82, 2.24) is 4.90 Å². The number of rotatable bonds is 6. The number of aromatic carboxylic acids is 1. The minimum absolute atomic E-state index is 0.129. The number of primary sulfonamides is 1. The first kappa shape index (κ1) is 17.4. The van der Waals surface area contributed by atoms with Gasteiger partial charge in [0.15, 0.2) is 0 Å². The zero-order chi connectivity index (χ0) is 16.4. The number of benzene rings is 1. The number of carboxylic acids is 1. The van der Waals surface area contributed by atoms with Gasteiger partial charge in [-0.05, 0) is 46.1 Å². The highest BCUT2D eigenvalue weighted by Gasteiger charge is 2.22. The van der Waals surface area contributed by atoms with Gasteiger partial charge in [0, 0.05) is 17.8 Å². The Morgan fingerprint density at radius 3 is 2.38 bits per heavy atom. The minimum Gasteiger partial charge on any atom is -0.478 e. The number of hydrogen-bond donors (Lipinski definition) is 3. The van der Waals surface area contributed by atoms with E-state index in [1.54, 1.807) is 0 Å². The molecule has 1 rings (SSSR count). The Hall–Kier alpha value is -1.64. The first-order valence-corrected chi connectivity index (χ1v) is 7.81. The van der Waals surface area contributed by atoms with Gasteiger partial charge in [-0.3, -0.25) is 0 Å². The molecule has 0 radical (unpaired) electrons. The molecule has 0 fully saturated rings. The van der Waals surface area contributed by atoms with Crippen molar-refractivity contribution in [2.45, 2.75) is 24.3 Å².